The molecule has 0 spiro atoms. The van der Waals surface area contributed by atoms with E-state index >= 15 is 0 Å². The minimum atomic E-state index is -0.386. The fraction of sp³-hybridized carbons (Fsp3) is 0.619. The van der Waals surface area contributed by atoms with Gasteiger partial charge >= 0.3 is 0 Å². The molecular weight excluding hydrogens is 372 g/mol. The minimum Gasteiger partial charge on any atom is -0.376 e. The number of amides is 1. The fourth-order valence-corrected chi connectivity index (χ4v) is 3.12. The Hall–Kier alpha value is -2.00. The van der Waals surface area contributed by atoms with Crippen molar-refractivity contribution in [2.45, 2.75) is 38.5 Å². The number of carbonyl (C=O) groups is 1. The molecule has 2 aliphatic heterocycles. The van der Waals surface area contributed by atoms with Gasteiger partial charge in [-0.1, -0.05) is 18.7 Å². The van der Waals surface area contributed by atoms with Crippen LogP contribution in [0, 0.1) is 0 Å². The molecule has 0 bridgehead atoms. The number of rotatable bonds is 10. The highest BCUT2D eigenvalue weighted by atomic mass is 16.8. The van der Waals surface area contributed by atoms with E-state index in [0.717, 1.165) is 38.9 Å². The van der Waals surface area contributed by atoms with E-state index in [4.69, 9.17) is 14.3 Å². The summed E-state index contributed by atoms with van der Waals surface area (Å²) in [6.45, 7) is 13.8. The van der Waals surface area contributed by atoms with E-state index in [-0.39, 0.29) is 18.2 Å². The van der Waals surface area contributed by atoms with Crippen molar-refractivity contribution in [3.05, 3.63) is 36.7 Å². The highest BCUT2D eigenvalue weighted by molar-refractivity contribution is 6.11. The van der Waals surface area contributed by atoms with E-state index in [0.29, 0.717) is 31.2 Å². The molecule has 29 heavy (non-hydrogen) atoms. The van der Waals surface area contributed by atoms with E-state index in [1.54, 1.807) is 19.1 Å². The number of nitrogens with one attached hydrogen (secondary N) is 1. The third-order valence-corrected chi connectivity index (χ3v) is 5.03. The largest absolute Gasteiger partial charge is 0.376 e. The number of hydroxylamine groups is 1. The average Bonchev–Trinajstić information content (AvgIpc) is 2.74. The molecule has 0 aromatic heterocycles. The molecule has 2 heterocycles. The van der Waals surface area contributed by atoms with Crippen molar-refractivity contribution < 1.29 is 19.1 Å². The number of piperazine rings is 1. The maximum Gasteiger partial charge on any atom is 0.276 e. The van der Waals surface area contributed by atoms with Crippen molar-refractivity contribution in [1.29, 1.82) is 0 Å². The Morgan fingerprint density at radius 1 is 1.38 bits per heavy atom. The summed E-state index contributed by atoms with van der Waals surface area (Å²) in [5.74, 6) is 0.266. The van der Waals surface area contributed by atoms with Gasteiger partial charge in [0, 0.05) is 38.9 Å². The van der Waals surface area contributed by atoms with Gasteiger partial charge < -0.3 is 14.4 Å². The molecule has 2 saturated heterocycles. The quantitative estimate of drug-likeness (QED) is 0.196. The fourth-order valence-electron chi connectivity index (χ4n) is 3.12. The van der Waals surface area contributed by atoms with Crippen molar-refractivity contribution >= 4 is 12.1 Å². The molecule has 8 nitrogen and oxygen atoms in total. The Balaban J connectivity index is 1.83. The molecule has 0 aliphatic carbocycles. The molecule has 0 saturated carbocycles. The van der Waals surface area contributed by atoms with Crippen molar-refractivity contribution in [3.63, 3.8) is 0 Å². The number of hydrogen-bond acceptors (Lipinski definition) is 7. The van der Waals surface area contributed by atoms with Gasteiger partial charge in [0.15, 0.2) is 6.29 Å². The molecule has 162 valence electrons. The summed E-state index contributed by atoms with van der Waals surface area (Å²) < 4.78 is 11.0. The molecule has 2 atom stereocenters. The Kier molecular flexibility index (Phi) is 10.1. The standard InChI is InChI=1S/C21H34N4O4/c1-5-12-27-16-19-15-25(11-10-24(19)4)17(3)22-14-18(6-2)21(26)23-29-20-9-7-8-13-28-20/h5-6,14,19-20H,1,3,7-13,15-16H2,2,4H3,(H,23,26)/b18-6+,22-14-. The van der Waals surface area contributed by atoms with Gasteiger partial charge in [-0.2, -0.15) is 0 Å². The second-order valence-corrected chi connectivity index (χ2v) is 7.17. The maximum absolute atomic E-state index is 12.3. The molecule has 2 rings (SSSR count). The van der Waals surface area contributed by atoms with E-state index in [1.165, 1.54) is 6.21 Å². The first-order valence-electron chi connectivity index (χ1n) is 10.2. The third kappa shape index (κ3) is 7.74. The first kappa shape index (κ1) is 23.3. The van der Waals surface area contributed by atoms with Crippen LogP contribution in [0.25, 0.3) is 0 Å². The van der Waals surface area contributed by atoms with Gasteiger partial charge in [-0.15, -0.1) is 6.58 Å². The summed E-state index contributed by atoms with van der Waals surface area (Å²) >= 11 is 0. The van der Waals surface area contributed by atoms with Gasteiger partial charge in [0.05, 0.1) is 24.8 Å². The Morgan fingerprint density at radius 3 is 2.90 bits per heavy atom. The first-order chi connectivity index (χ1) is 14.0. The van der Waals surface area contributed by atoms with Gasteiger partial charge in [0.25, 0.3) is 5.91 Å². The smallest absolute Gasteiger partial charge is 0.276 e. The normalized spacial score (nSPS) is 23.9. The van der Waals surface area contributed by atoms with E-state index in [1.807, 2.05) is 0 Å². The van der Waals surface area contributed by atoms with E-state index in [9.17, 15) is 4.79 Å². The monoisotopic (exact) mass is 406 g/mol. The predicted molar refractivity (Wildman–Crippen MR) is 113 cm³/mol. The number of allylic oxidation sites excluding steroid dienone is 1. The van der Waals surface area contributed by atoms with Gasteiger partial charge in [-0.25, -0.2) is 15.3 Å². The molecule has 8 heteroatoms. The van der Waals surface area contributed by atoms with Crippen molar-refractivity contribution in [3.8, 4) is 0 Å². The highest BCUT2D eigenvalue weighted by Crippen LogP contribution is 2.14. The molecule has 2 aliphatic rings. The van der Waals surface area contributed by atoms with Crippen LogP contribution in [0.1, 0.15) is 26.2 Å². The molecule has 2 unspecified atom stereocenters. The molecule has 1 amide bonds. The minimum absolute atomic E-state index is 0.254. The number of hydrogen-bond donors (Lipinski definition) is 1. The summed E-state index contributed by atoms with van der Waals surface area (Å²) in [6.07, 6.45) is 7.40. The summed E-state index contributed by atoms with van der Waals surface area (Å²) in [6, 6.07) is 0.254. The zero-order chi connectivity index (χ0) is 21.1. The molecule has 0 aromatic carbocycles. The summed E-state index contributed by atoms with van der Waals surface area (Å²) in [7, 11) is 2.09. The lowest BCUT2D eigenvalue weighted by Gasteiger charge is -2.40. The Labute approximate surface area is 173 Å². The predicted octanol–water partition coefficient (Wildman–Crippen LogP) is 1.87. The SMILES string of the molecule is C=CCOCC1CN(C(=C)/N=C\C(=C/C)C(=O)NOC2CCCCO2)CCN1C. The average molecular weight is 407 g/mol. The molecule has 0 radical (unpaired) electrons. The lowest BCUT2D eigenvalue weighted by Crippen LogP contribution is -2.52. The number of nitrogens with zero attached hydrogens (tertiary/aromatic N) is 3. The maximum atomic E-state index is 12.3. The summed E-state index contributed by atoms with van der Waals surface area (Å²) in [4.78, 5) is 26.4. The summed E-state index contributed by atoms with van der Waals surface area (Å²) in [5, 5.41) is 0. The second kappa shape index (κ2) is 12.5. The van der Waals surface area contributed by atoms with Gasteiger partial charge in [-0.3, -0.25) is 9.69 Å². The number of carbonyl (C=O) groups excluding carboxylic acids is 1. The Morgan fingerprint density at radius 2 is 2.21 bits per heavy atom. The van der Waals surface area contributed by atoms with Crippen molar-refractivity contribution in [1.82, 2.24) is 15.3 Å². The van der Waals surface area contributed by atoms with Crippen molar-refractivity contribution in [2.75, 3.05) is 46.5 Å². The molecule has 0 aromatic rings. The van der Waals surface area contributed by atoms with Crippen LogP contribution in [-0.2, 0) is 19.1 Å². The van der Waals surface area contributed by atoms with E-state index < -0.39 is 0 Å². The van der Waals surface area contributed by atoms with Crippen LogP contribution in [0.2, 0.25) is 0 Å². The van der Waals surface area contributed by atoms with Crippen LogP contribution in [0.3, 0.4) is 0 Å². The third-order valence-electron chi connectivity index (χ3n) is 5.03. The zero-order valence-electron chi connectivity index (χ0n) is 17.6. The molecular formula is C21H34N4O4. The number of aliphatic imine (C=N–C) groups is 1. The van der Waals surface area contributed by atoms with Gasteiger partial charge in [0.1, 0.15) is 5.82 Å². The zero-order valence-corrected chi connectivity index (χ0v) is 17.6. The van der Waals surface area contributed by atoms with E-state index in [2.05, 4.69) is 40.5 Å². The second-order valence-electron chi connectivity index (χ2n) is 7.17. The van der Waals surface area contributed by atoms with Crippen LogP contribution in [-0.4, -0.2) is 80.8 Å². The van der Waals surface area contributed by atoms with Crippen LogP contribution in [0.4, 0.5) is 0 Å². The van der Waals surface area contributed by atoms with Gasteiger partial charge in [0.2, 0.25) is 0 Å². The van der Waals surface area contributed by atoms with Crippen molar-refractivity contribution in [2.24, 2.45) is 4.99 Å². The summed E-state index contributed by atoms with van der Waals surface area (Å²) in [5.41, 5.74) is 2.85. The highest BCUT2D eigenvalue weighted by Gasteiger charge is 2.25. The molecule has 2 fully saturated rings. The lowest BCUT2D eigenvalue weighted by molar-refractivity contribution is -0.198. The van der Waals surface area contributed by atoms with Gasteiger partial charge in [-0.05, 0) is 26.8 Å². The number of likely N-dealkylation sites (N-methyl/N-ethyl adjacent to an activating group) is 1. The van der Waals surface area contributed by atoms with Crippen LogP contribution in [0.5, 0.6) is 0 Å². The molecule has 1 N–H and O–H groups in total. The number of ether oxygens (including phenoxy) is 2. The Bertz CT molecular complexity index is 614. The lowest BCUT2D eigenvalue weighted by atomic mass is 10.2. The van der Waals surface area contributed by atoms with Crippen LogP contribution >= 0.6 is 0 Å². The topological polar surface area (TPSA) is 75.6 Å². The van der Waals surface area contributed by atoms with Crippen LogP contribution in [0.15, 0.2) is 41.7 Å². The first-order valence-corrected chi connectivity index (χ1v) is 10.2. The van der Waals surface area contributed by atoms with Crippen LogP contribution < -0.4 is 5.48 Å².